The fraction of sp³-hybridized carbons (Fsp3) is 0.533. The molecule has 0 bridgehead atoms. The van der Waals surface area contributed by atoms with Gasteiger partial charge >= 0.3 is 12.0 Å². The first-order valence-corrected chi connectivity index (χ1v) is 14.0. The number of ether oxygens (including phenoxy) is 3. The van der Waals surface area contributed by atoms with Gasteiger partial charge in [-0.1, -0.05) is 61.9 Å². The maximum Gasteiger partial charge on any atom is 0.325 e. The van der Waals surface area contributed by atoms with Crippen molar-refractivity contribution in [2.75, 3.05) is 32.8 Å². The summed E-state index contributed by atoms with van der Waals surface area (Å²) in [6.45, 7) is 7.41. The fourth-order valence-corrected chi connectivity index (χ4v) is 5.13. The average Bonchev–Trinajstić information content (AvgIpc) is 2.97. The van der Waals surface area contributed by atoms with Crippen LogP contribution in [-0.2, 0) is 32.2 Å². The normalized spacial score (nSPS) is 23.7. The average molecular weight is 540 g/mol. The molecule has 0 saturated carbocycles. The molecule has 9 heteroatoms. The van der Waals surface area contributed by atoms with Crippen molar-refractivity contribution >= 4 is 12.0 Å². The molecule has 3 N–H and O–H groups in total. The number of hydrogen-bond donors (Lipinski definition) is 3. The molecule has 2 aromatic carbocycles. The second kappa shape index (κ2) is 14.4. The molecule has 2 aliphatic rings. The Hall–Kier alpha value is -2.98. The maximum atomic E-state index is 12.0. The first-order chi connectivity index (χ1) is 19.0. The van der Waals surface area contributed by atoms with Gasteiger partial charge in [-0.2, -0.15) is 0 Å². The Labute approximate surface area is 230 Å². The van der Waals surface area contributed by atoms with E-state index in [-0.39, 0.29) is 37.9 Å². The number of nitrogens with one attached hydrogen (secondary N) is 2. The summed E-state index contributed by atoms with van der Waals surface area (Å²) in [6.07, 6.45) is 3.09. The molecular formula is C30H41N3O6. The van der Waals surface area contributed by atoms with Gasteiger partial charge in [0.15, 0.2) is 6.29 Å². The number of carbonyl (C=O) groups is 2. The molecule has 2 fully saturated rings. The van der Waals surface area contributed by atoms with Crippen LogP contribution >= 0.6 is 0 Å². The molecule has 4 rings (SSSR count). The summed E-state index contributed by atoms with van der Waals surface area (Å²) in [5.41, 5.74) is 3.78. The van der Waals surface area contributed by atoms with Crippen LogP contribution in [0.2, 0.25) is 0 Å². The van der Waals surface area contributed by atoms with Gasteiger partial charge in [-0.3, -0.25) is 4.79 Å². The Morgan fingerprint density at radius 2 is 1.62 bits per heavy atom. The van der Waals surface area contributed by atoms with Crippen molar-refractivity contribution in [3.8, 4) is 0 Å². The van der Waals surface area contributed by atoms with Gasteiger partial charge in [0.2, 0.25) is 0 Å². The number of nitrogens with zero attached hydrogens (tertiary/aromatic N) is 1. The van der Waals surface area contributed by atoms with E-state index >= 15 is 0 Å². The zero-order valence-electron chi connectivity index (χ0n) is 22.9. The number of benzene rings is 2. The van der Waals surface area contributed by atoms with Gasteiger partial charge < -0.3 is 34.9 Å². The lowest BCUT2D eigenvalue weighted by Gasteiger charge is -2.43. The molecule has 0 radical (unpaired) electrons. The number of rotatable bonds is 10. The van der Waals surface area contributed by atoms with Gasteiger partial charge in [-0.15, -0.1) is 0 Å². The monoisotopic (exact) mass is 539 g/mol. The van der Waals surface area contributed by atoms with Crippen molar-refractivity contribution in [2.45, 2.75) is 64.8 Å². The zero-order chi connectivity index (χ0) is 27.6. The van der Waals surface area contributed by atoms with Crippen LogP contribution in [-0.4, -0.2) is 60.9 Å². The largest absolute Gasteiger partial charge is 0.465 e. The van der Waals surface area contributed by atoms with Crippen LogP contribution in [0.4, 0.5) is 4.79 Å². The maximum absolute atomic E-state index is 12.0. The van der Waals surface area contributed by atoms with Crippen LogP contribution in [0.15, 0.2) is 48.5 Å². The molecule has 2 amide bonds. The second-order valence-electron chi connectivity index (χ2n) is 10.3. The molecule has 39 heavy (non-hydrogen) atoms. The molecule has 0 spiro atoms. The highest BCUT2D eigenvalue weighted by Crippen LogP contribution is 2.42. The van der Waals surface area contributed by atoms with Gasteiger partial charge in [-0.25, -0.2) is 4.79 Å². The highest BCUT2D eigenvalue weighted by Gasteiger charge is 2.39. The molecule has 2 aliphatic heterocycles. The quantitative estimate of drug-likeness (QED) is 0.394. The molecule has 0 aliphatic carbocycles. The smallest absolute Gasteiger partial charge is 0.325 e. The first-order valence-electron chi connectivity index (χ1n) is 14.0. The molecule has 9 nitrogen and oxygen atoms in total. The number of aliphatic hydroxyl groups is 1. The zero-order valence-corrected chi connectivity index (χ0v) is 22.9. The van der Waals surface area contributed by atoms with E-state index < -0.39 is 18.3 Å². The third-order valence-electron chi connectivity index (χ3n) is 7.41. The molecule has 0 aromatic heterocycles. The summed E-state index contributed by atoms with van der Waals surface area (Å²) in [5.74, 6) is -0.320. The number of aliphatic hydroxyl groups excluding tert-OH is 1. The lowest BCUT2D eigenvalue weighted by molar-refractivity contribution is -0.276. The Balaban J connectivity index is 1.41. The minimum Gasteiger partial charge on any atom is -0.465 e. The number of carbonyl (C=O) groups excluding carboxylic acids is 2. The first kappa shape index (κ1) is 29.0. The Morgan fingerprint density at radius 1 is 0.949 bits per heavy atom. The highest BCUT2D eigenvalue weighted by molar-refractivity contribution is 5.80. The summed E-state index contributed by atoms with van der Waals surface area (Å²) in [7, 11) is 0. The second-order valence-corrected chi connectivity index (χ2v) is 10.3. The summed E-state index contributed by atoms with van der Waals surface area (Å²) in [6, 6.07) is 15.4. The van der Waals surface area contributed by atoms with E-state index in [2.05, 4.69) is 22.5 Å². The van der Waals surface area contributed by atoms with E-state index in [4.69, 9.17) is 14.2 Å². The molecule has 0 unspecified atom stereocenters. The molecule has 2 saturated heterocycles. The van der Waals surface area contributed by atoms with E-state index in [0.29, 0.717) is 6.54 Å². The van der Waals surface area contributed by atoms with Crippen LogP contribution in [0.5, 0.6) is 0 Å². The van der Waals surface area contributed by atoms with Gasteiger partial charge in [0.25, 0.3) is 0 Å². The van der Waals surface area contributed by atoms with Crippen LogP contribution in [0.1, 0.15) is 67.8 Å². The molecule has 2 aromatic rings. The van der Waals surface area contributed by atoms with E-state index in [9.17, 15) is 14.7 Å². The van der Waals surface area contributed by atoms with Crippen molar-refractivity contribution in [3.05, 3.63) is 70.8 Å². The Kier molecular flexibility index (Phi) is 10.7. The van der Waals surface area contributed by atoms with Crippen LogP contribution in [0, 0.1) is 5.92 Å². The minimum absolute atomic E-state index is 0.00815. The highest BCUT2D eigenvalue weighted by atomic mass is 16.7. The summed E-state index contributed by atoms with van der Waals surface area (Å²) >= 11 is 0. The number of amides is 2. The number of urea groups is 1. The van der Waals surface area contributed by atoms with E-state index in [1.54, 1.807) is 6.92 Å². The summed E-state index contributed by atoms with van der Waals surface area (Å²) in [4.78, 5) is 25.9. The van der Waals surface area contributed by atoms with Crippen LogP contribution < -0.4 is 10.6 Å². The van der Waals surface area contributed by atoms with Crippen LogP contribution in [0.3, 0.4) is 0 Å². The fourth-order valence-electron chi connectivity index (χ4n) is 5.13. The minimum atomic E-state index is -0.520. The Bertz CT molecular complexity index is 1060. The van der Waals surface area contributed by atoms with Crippen molar-refractivity contribution in [3.63, 3.8) is 0 Å². The van der Waals surface area contributed by atoms with E-state index in [1.165, 1.54) is 19.3 Å². The van der Waals surface area contributed by atoms with Gasteiger partial charge in [0.1, 0.15) is 6.54 Å². The van der Waals surface area contributed by atoms with Crippen molar-refractivity contribution in [1.82, 2.24) is 15.5 Å². The molecule has 4 atom stereocenters. The van der Waals surface area contributed by atoms with Gasteiger partial charge in [0, 0.05) is 24.6 Å². The number of hydrogen-bond acceptors (Lipinski definition) is 7. The van der Waals surface area contributed by atoms with Crippen LogP contribution in [0.25, 0.3) is 0 Å². The third-order valence-corrected chi connectivity index (χ3v) is 7.41. The lowest BCUT2D eigenvalue weighted by Crippen LogP contribution is -2.45. The predicted octanol–water partition coefficient (Wildman–Crippen LogP) is 3.82. The SMILES string of the molecule is CCOC(=O)CNC(=O)NCc1ccc([C@@H]2O[C@H](CN3CCCCC3)[C@H](C)[C@H](c3ccc(CO)cc3)O2)cc1. The van der Waals surface area contributed by atoms with Gasteiger partial charge in [0.05, 0.1) is 25.4 Å². The van der Waals surface area contributed by atoms with Crippen molar-refractivity contribution in [1.29, 1.82) is 0 Å². The number of likely N-dealkylation sites (tertiary alicyclic amines) is 1. The van der Waals surface area contributed by atoms with E-state index in [1.807, 2.05) is 48.5 Å². The van der Waals surface area contributed by atoms with Gasteiger partial charge in [-0.05, 0) is 49.5 Å². The Morgan fingerprint density at radius 3 is 2.28 bits per heavy atom. The third kappa shape index (κ3) is 8.25. The number of piperidine rings is 1. The molecule has 212 valence electrons. The standard InChI is InChI=1S/C30H41N3O6/c1-3-37-27(35)18-32-30(36)31-17-22-7-13-25(14-8-22)29-38-26(19-33-15-5-4-6-16-33)21(2)28(39-29)24-11-9-23(20-34)10-12-24/h7-14,21,26,28-29,34H,3-6,15-20H2,1-2H3,(H2,31,32,36)/t21-,26+,28+,29+/m0/s1. The summed E-state index contributed by atoms with van der Waals surface area (Å²) < 4.78 is 17.9. The van der Waals surface area contributed by atoms with Crippen molar-refractivity contribution < 1.29 is 28.9 Å². The lowest BCUT2D eigenvalue weighted by atomic mass is 9.89. The summed E-state index contributed by atoms with van der Waals surface area (Å²) in [5, 5.41) is 14.7. The predicted molar refractivity (Wildman–Crippen MR) is 147 cm³/mol. The number of esters is 1. The topological polar surface area (TPSA) is 109 Å². The van der Waals surface area contributed by atoms with E-state index in [0.717, 1.165) is 41.9 Å². The molecular weight excluding hydrogens is 498 g/mol. The van der Waals surface area contributed by atoms with Crippen molar-refractivity contribution in [2.24, 2.45) is 5.92 Å². The molecule has 2 heterocycles.